The molecule has 3 heterocycles. The Morgan fingerprint density at radius 3 is 3.04 bits per heavy atom. The summed E-state index contributed by atoms with van der Waals surface area (Å²) in [6, 6.07) is 1.14. The van der Waals surface area contributed by atoms with E-state index in [1.165, 1.54) is 6.33 Å². The van der Waals surface area contributed by atoms with Gasteiger partial charge in [0.05, 0.1) is 6.04 Å². The van der Waals surface area contributed by atoms with Crippen LogP contribution in [0.25, 0.3) is 0 Å². The van der Waals surface area contributed by atoms with Crippen molar-refractivity contribution in [1.29, 1.82) is 5.41 Å². The van der Waals surface area contributed by atoms with E-state index in [9.17, 15) is 9.59 Å². The number of nitrogens with one attached hydrogen (secondary N) is 3. The molecule has 3 N–H and O–H groups in total. The van der Waals surface area contributed by atoms with E-state index < -0.39 is 6.04 Å². The Kier molecular flexibility index (Phi) is 3.83. The van der Waals surface area contributed by atoms with Gasteiger partial charge in [-0.25, -0.2) is 9.97 Å². The van der Waals surface area contributed by atoms with Crippen LogP contribution in [-0.4, -0.2) is 33.2 Å². The summed E-state index contributed by atoms with van der Waals surface area (Å²) in [5, 5.41) is 16.2. The quantitative estimate of drug-likeness (QED) is 0.716. The molecule has 0 bridgehead atoms. The summed E-state index contributed by atoms with van der Waals surface area (Å²) in [7, 11) is 0. The first kappa shape index (κ1) is 14.8. The lowest BCUT2D eigenvalue weighted by atomic mass is 10.0. The van der Waals surface area contributed by atoms with Crippen molar-refractivity contribution in [3.8, 4) is 0 Å². The highest BCUT2D eigenvalue weighted by Crippen LogP contribution is 2.22. The lowest BCUT2D eigenvalue weighted by molar-refractivity contribution is -0.116. The van der Waals surface area contributed by atoms with Gasteiger partial charge in [0.15, 0.2) is 5.76 Å². The lowest BCUT2D eigenvalue weighted by Gasteiger charge is -2.18. The highest BCUT2D eigenvalue weighted by atomic mass is 16.5. The Morgan fingerprint density at radius 2 is 2.30 bits per heavy atom. The van der Waals surface area contributed by atoms with E-state index in [0.717, 1.165) is 6.21 Å². The van der Waals surface area contributed by atoms with Crippen molar-refractivity contribution in [3.05, 3.63) is 35.1 Å². The van der Waals surface area contributed by atoms with Gasteiger partial charge in [-0.15, -0.1) is 0 Å². The Labute approximate surface area is 131 Å². The van der Waals surface area contributed by atoms with Crippen LogP contribution in [0, 0.1) is 5.41 Å². The predicted octanol–water partition coefficient (Wildman–Crippen LogP) is 0.838. The van der Waals surface area contributed by atoms with E-state index in [2.05, 4.69) is 25.8 Å². The SMILES string of the molecule is CC(NC(=O)c1ncnc2c1CCC(=O)N2)c1cc(C=N)no1. The topological polar surface area (TPSA) is 134 Å². The first-order chi connectivity index (χ1) is 11.1. The van der Waals surface area contributed by atoms with Crippen LogP contribution in [0.5, 0.6) is 0 Å². The molecule has 0 fully saturated rings. The van der Waals surface area contributed by atoms with Crippen LogP contribution in [-0.2, 0) is 11.2 Å². The second-order valence-corrected chi connectivity index (χ2v) is 5.09. The number of carbonyl (C=O) groups is 2. The second kappa shape index (κ2) is 5.95. The van der Waals surface area contributed by atoms with E-state index in [1.54, 1.807) is 13.0 Å². The van der Waals surface area contributed by atoms with Gasteiger partial charge in [-0.1, -0.05) is 5.16 Å². The molecule has 0 saturated heterocycles. The van der Waals surface area contributed by atoms with Gasteiger partial charge >= 0.3 is 0 Å². The van der Waals surface area contributed by atoms with Crippen molar-refractivity contribution >= 4 is 23.8 Å². The maximum absolute atomic E-state index is 12.4. The fraction of sp³-hybridized carbons (Fsp3) is 0.286. The minimum atomic E-state index is -0.438. The molecule has 9 nitrogen and oxygen atoms in total. The molecule has 3 rings (SSSR count). The molecule has 23 heavy (non-hydrogen) atoms. The normalized spacial score (nSPS) is 14.6. The van der Waals surface area contributed by atoms with Crippen LogP contribution in [0.4, 0.5) is 5.82 Å². The van der Waals surface area contributed by atoms with Crippen molar-refractivity contribution in [2.45, 2.75) is 25.8 Å². The minimum Gasteiger partial charge on any atom is -0.359 e. The van der Waals surface area contributed by atoms with Crippen LogP contribution in [0.1, 0.15) is 46.9 Å². The molecule has 1 atom stereocenters. The molecule has 0 aromatic carbocycles. The van der Waals surface area contributed by atoms with E-state index in [4.69, 9.17) is 9.93 Å². The number of fused-ring (bicyclic) bond motifs is 1. The average Bonchev–Trinajstić information content (AvgIpc) is 3.03. The standard InChI is InChI=1S/C14H14N6O3/c1-7(10-4-8(5-15)20-23-10)18-14(22)12-9-2-3-11(21)19-13(9)17-6-16-12/h4-7,15H,2-3H2,1H3,(H,18,22)(H,16,17,19,21). The van der Waals surface area contributed by atoms with Gasteiger partial charge in [0.25, 0.3) is 5.91 Å². The second-order valence-electron chi connectivity index (χ2n) is 5.09. The third kappa shape index (κ3) is 2.93. The zero-order chi connectivity index (χ0) is 16.4. The molecule has 2 amide bonds. The highest BCUT2D eigenvalue weighted by Gasteiger charge is 2.25. The Bertz CT molecular complexity index is 785. The summed E-state index contributed by atoms with van der Waals surface area (Å²) in [6.07, 6.45) is 3.01. The molecule has 1 aliphatic rings. The molecular weight excluding hydrogens is 300 g/mol. The van der Waals surface area contributed by atoms with Crippen molar-refractivity contribution in [1.82, 2.24) is 20.4 Å². The third-order valence-corrected chi connectivity index (χ3v) is 3.49. The van der Waals surface area contributed by atoms with E-state index in [0.29, 0.717) is 35.7 Å². The molecule has 2 aromatic rings. The van der Waals surface area contributed by atoms with Crippen LogP contribution < -0.4 is 10.6 Å². The summed E-state index contributed by atoms with van der Waals surface area (Å²) in [5.74, 6) is 0.296. The Balaban J connectivity index is 1.79. The highest BCUT2D eigenvalue weighted by molar-refractivity contribution is 5.99. The minimum absolute atomic E-state index is 0.128. The third-order valence-electron chi connectivity index (χ3n) is 3.49. The maximum Gasteiger partial charge on any atom is 0.270 e. The number of aromatic nitrogens is 3. The van der Waals surface area contributed by atoms with Crippen molar-refractivity contribution in [2.75, 3.05) is 5.32 Å². The van der Waals surface area contributed by atoms with Crippen LogP contribution in [0.3, 0.4) is 0 Å². The van der Waals surface area contributed by atoms with Crippen molar-refractivity contribution in [2.24, 2.45) is 0 Å². The zero-order valence-electron chi connectivity index (χ0n) is 12.3. The molecule has 0 saturated carbocycles. The summed E-state index contributed by atoms with van der Waals surface area (Å²) < 4.78 is 5.08. The monoisotopic (exact) mass is 314 g/mol. The number of anilines is 1. The maximum atomic E-state index is 12.4. The van der Waals surface area contributed by atoms with Gasteiger partial charge < -0.3 is 20.6 Å². The molecule has 0 radical (unpaired) electrons. The molecular formula is C14H14N6O3. The summed E-state index contributed by atoms with van der Waals surface area (Å²) >= 11 is 0. The largest absolute Gasteiger partial charge is 0.359 e. The Hall–Kier alpha value is -3.10. The molecule has 1 aliphatic heterocycles. The van der Waals surface area contributed by atoms with Gasteiger partial charge in [0.2, 0.25) is 5.91 Å². The van der Waals surface area contributed by atoms with Gasteiger partial charge in [0.1, 0.15) is 23.5 Å². The molecule has 0 aliphatic carbocycles. The van der Waals surface area contributed by atoms with Crippen LogP contribution >= 0.6 is 0 Å². The smallest absolute Gasteiger partial charge is 0.270 e. The fourth-order valence-corrected chi connectivity index (χ4v) is 2.30. The first-order valence-electron chi connectivity index (χ1n) is 7.00. The van der Waals surface area contributed by atoms with Crippen LogP contribution in [0.2, 0.25) is 0 Å². The molecule has 2 aromatic heterocycles. The fourth-order valence-electron chi connectivity index (χ4n) is 2.30. The number of amides is 2. The average molecular weight is 314 g/mol. The molecule has 0 spiro atoms. The number of carbonyl (C=O) groups excluding carboxylic acids is 2. The zero-order valence-corrected chi connectivity index (χ0v) is 12.3. The van der Waals surface area contributed by atoms with E-state index >= 15 is 0 Å². The number of nitrogens with zero attached hydrogens (tertiary/aromatic N) is 3. The van der Waals surface area contributed by atoms with E-state index in [1.807, 2.05) is 0 Å². The van der Waals surface area contributed by atoms with Gasteiger partial charge in [0, 0.05) is 24.3 Å². The van der Waals surface area contributed by atoms with Gasteiger partial charge in [-0.3, -0.25) is 9.59 Å². The lowest BCUT2D eigenvalue weighted by Crippen LogP contribution is -2.30. The van der Waals surface area contributed by atoms with Crippen molar-refractivity contribution in [3.63, 3.8) is 0 Å². The Morgan fingerprint density at radius 1 is 1.48 bits per heavy atom. The number of hydrogen-bond donors (Lipinski definition) is 3. The number of hydrogen-bond acceptors (Lipinski definition) is 7. The first-order valence-corrected chi connectivity index (χ1v) is 7.00. The van der Waals surface area contributed by atoms with Crippen LogP contribution in [0.15, 0.2) is 16.9 Å². The van der Waals surface area contributed by atoms with Gasteiger partial charge in [-0.2, -0.15) is 0 Å². The molecule has 118 valence electrons. The number of rotatable bonds is 4. The van der Waals surface area contributed by atoms with Crippen molar-refractivity contribution < 1.29 is 14.1 Å². The summed E-state index contributed by atoms with van der Waals surface area (Å²) in [6.45, 7) is 1.74. The predicted molar refractivity (Wildman–Crippen MR) is 79.3 cm³/mol. The molecule has 1 unspecified atom stereocenters. The van der Waals surface area contributed by atoms with Gasteiger partial charge in [-0.05, 0) is 13.3 Å². The summed E-state index contributed by atoms with van der Waals surface area (Å²) in [4.78, 5) is 31.8. The molecule has 9 heteroatoms. The summed E-state index contributed by atoms with van der Waals surface area (Å²) in [5.41, 5.74) is 1.23. The van der Waals surface area contributed by atoms with E-state index in [-0.39, 0.29) is 17.5 Å².